The number of esters is 1. The molecule has 1 aliphatic carbocycles. The first kappa shape index (κ1) is 56.5. The number of ketones is 1. The fourth-order valence-electron chi connectivity index (χ4n) is 10.9. The first-order chi connectivity index (χ1) is 35.2. The average molecular weight is 1060 g/mol. The normalized spacial score (nSPS) is 17.5. The smallest absolute Gasteiger partial charge is 0.414 e. The number of nitrogens with one attached hydrogen (secondary N) is 3. The number of carboxylic acid groups (broad SMARTS) is 1. The molecule has 0 spiro atoms. The van der Waals surface area contributed by atoms with E-state index in [4.69, 9.17) is 18.3 Å². The third kappa shape index (κ3) is 11.0. The summed E-state index contributed by atoms with van der Waals surface area (Å²) in [6.45, 7) is 28.6. The van der Waals surface area contributed by atoms with Crippen LogP contribution in [0.5, 0.6) is 11.5 Å². The van der Waals surface area contributed by atoms with Crippen molar-refractivity contribution in [2.24, 2.45) is 5.92 Å². The van der Waals surface area contributed by atoms with Gasteiger partial charge in [-0.25, -0.2) is 19.9 Å². The Morgan fingerprint density at radius 2 is 1.36 bits per heavy atom. The van der Waals surface area contributed by atoms with Crippen molar-refractivity contribution >= 4 is 63.2 Å². The predicted octanol–water partition coefficient (Wildman–Crippen LogP) is 11.7. The van der Waals surface area contributed by atoms with Crippen molar-refractivity contribution in [3.63, 3.8) is 0 Å². The molecule has 0 saturated carbocycles. The van der Waals surface area contributed by atoms with Crippen LogP contribution in [0.2, 0.25) is 34.8 Å². The second-order valence-electron chi connectivity index (χ2n) is 23.0. The van der Waals surface area contributed by atoms with Crippen LogP contribution in [-0.2, 0) is 23.5 Å². The highest BCUT2D eigenvalue weighted by Gasteiger charge is 2.52. The predicted molar refractivity (Wildman–Crippen MR) is 299 cm³/mol. The maximum absolute atomic E-state index is 15.0. The monoisotopic (exact) mass is 1060 g/mol. The minimum atomic E-state index is -2.71. The molecule has 4 atom stereocenters. The zero-order valence-electron chi connectivity index (χ0n) is 46.3. The van der Waals surface area contributed by atoms with Gasteiger partial charge in [-0.2, -0.15) is 0 Å². The van der Waals surface area contributed by atoms with E-state index in [2.05, 4.69) is 91.6 Å². The van der Waals surface area contributed by atoms with Gasteiger partial charge in [-0.05, 0) is 106 Å². The Balaban J connectivity index is 1.07. The van der Waals surface area contributed by atoms with E-state index in [0.717, 1.165) is 33.4 Å². The van der Waals surface area contributed by atoms with E-state index < -0.39 is 76.6 Å². The molecule has 0 radical (unpaired) electrons. The van der Waals surface area contributed by atoms with E-state index in [1.165, 1.54) is 12.0 Å². The molecular weight excluding hydrogens is 983 g/mol. The Kier molecular flexibility index (Phi) is 16.7. The number of methoxy groups -OCH3 is 1. The van der Waals surface area contributed by atoms with Crippen LogP contribution in [0.1, 0.15) is 122 Å². The fraction of sp³-hybridized carbons (Fsp3) is 0.466. The number of ether oxygens (including phenoxy) is 2. The molecule has 0 aromatic heterocycles. The Bertz CT molecular complexity index is 2770. The van der Waals surface area contributed by atoms with Gasteiger partial charge in [0.05, 0.1) is 24.4 Å². The minimum absolute atomic E-state index is 0.0134. The molecule has 15 nitrogen and oxygen atoms in total. The molecule has 7 rings (SSSR count). The SMILES string of the molecule is COc1cc2c(cc1O[Si](C(C)C)(C(C)C)C(C)C)N(C(=O)O)[C@@H](O[Si](C)(C)C(C)(C)C)[C@@H]1CC(c3ccc(NN[C@H](C)C(=O)N[C@H](C(=O)C(=O)OCC4c5ccccc5-c5ccccc54)C(C)C)cc3)=CN1C2=O. The molecular formula is C58H77N5O10Si2. The van der Waals surface area contributed by atoms with E-state index in [1.807, 2.05) is 72.8 Å². The van der Waals surface area contributed by atoms with E-state index in [-0.39, 0.29) is 45.4 Å². The van der Waals surface area contributed by atoms with Gasteiger partial charge in [0.25, 0.3) is 20.0 Å². The van der Waals surface area contributed by atoms with Crippen LogP contribution in [-0.4, -0.2) is 94.4 Å². The summed E-state index contributed by atoms with van der Waals surface area (Å²) in [5, 5.41) is 13.7. The molecule has 3 amide bonds. The van der Waals surface area contributed by atoms with Crippen molar-refractivity contribution < 1.29 is 47.4 Å². The maximum atomic E-state index is 15.0. The molecule has 75 heavy (non-hydrogen) atoms. The van der Waals surface area contributed by atoms with Gasteiger partial charge in [0, 0.05) is 23.9 Å². The zero-order chi connectivity index (χ0) is 55.1. The molecule has 0 bridgehead atoms. The summed E-state index contributed by atoms with van der Waals surface area (Å²) in [5.41, 5.74) is 13.5. The Morgan fingerprint density at radius 3 is 1.88 bits per heavy atom. The highest BCUT2D eigenvalue weighted by Crippen LogP contribution is 2.50. The van der Waals surface area contributed by atoms with Crippen molar-refractivity contribution in [2.45, 2.75) is 155 Å². The molecule has 2 heterocycles. The minimum Gasteiger partial charge on any atom is -0.540 e. The third-order valence-electron chi connectivity index (χ3n) is 16.0. The number of rotatable bonds is 19. The van der Waals surface area contributed by atoms with Crippen LogP contribution in [0.4, 0.5) is 16.2 Å². The van der Waals surface area contributed by atoms with Gasteiger partial charge in [0.2, 0.25) is 5.91 Å². The number of nitrogens with zero attached hydrogens (tertiary/aromatic N) is 2. The summed E-state index contributed by atoms with van der Waals surface area (Å²) in [5.74, 6) is -2.61. The highest BCUT2D eigenvalue weighted by atomic mass is 28.4. The molecule has 0 unspecified atom stereocenters. The van der Waals surface area contributed by atoms with Crippen LogP contribution in [0.15, 0.2) is 91.1 Å². The van der Waals surface area contributed by atoms with Gasteiger partial charge in [-0.3, -0.25) is 14.4 Å². The quantitative estimate of drug-likeness (QED) is 0.0302. The standard InChI is InChI=1S/C58H77N5O10Si2/c1-33(2)51(52(64)56(67)71-32-46-43-22-18-16-20-41(43)42-21-17-19-23-44(42)46)59-53(65)37(9)60-61-40-26-24-38(25-27-40)39-28-48-55(73-74(14,15)58(10,11)12)63(57(68)69)47-30-50(72-75(34(3)4,35(5)6)36(7)8)49(70-13)29-45(47)54(66)62(48)31-39/h16-27,29-31,33-37,46,48,51,55,60-61H,28,32H2,1-15H3,(H,59,65)(H,68,69)/t37-,48+,51+,55+/m1/s1. The number of Topliss-reactive ketones (excluding diaryl/α,β-unsaturated/α-hetero) is 1. The largest absolute Gasteiger partial charge is 0.540 e. The zero-order valence-corrected chi connectivity index (χ0v) is 48.3. The molecule has 402 valence electrons. The third-order valence-corrected chi connectivity index (χ3v) is 26.4. The van der Waals surface area contributed by atoms with Crippen LogP contribution in [0.3, 0.4) is 0 Å². The van der Waals surface area contributed by atoms with Crippen LogP contribution in [0.25, 0.3) is 16.7 Å². The first-order valence-corrected chi connectivity index (χ1v) is 31.2. The van der Waals surface area contributed by atoms with Gasteiger partial charge in [0.15, 0.2) is 20.3 Å². The topological polar surface area (TPSA) is 185 Å². The molecule has 4 aromatic carbocycles. The number of amides is 3. The van der Waals surface area contributed by atoms with Crippen molar-refractivity contribution in [3.8, 4) is 22.6 Å². The van der Waals surface area contributed by atoms with Crippen molar-refractivity contribution in [2.75, 3.05) is 24.0 Å². The number of hydrogen-bond donors (Lipinski definition) is 4. The molecule has 4 aromatic rings. The fourth-order valence-corrected chi connectivity index (χ4v) is 17.4. The number of fused-ring (bicyclic) bond motifs is 5. The summed E-state index contributed by atoms with van der Waals surface area (Å²) < 4.78 is 25.8. The Labute approximate surface area is 445 Å². The Hall–Kier alpha value is -6.28. The maximum Gasteiger partial charge on any atom is 0.414 e. The van der Waals surface area contributed by atoms with Crippen molar-refractivity contribution in [3.05, 3.63) is 113 Å². The molecule has 17 heteroatoms. The van der Waals surface area contributed by atoms with Crippen molar-refractivity contribution in [1.82, 2.24) is 15.6 Å². The highest BCUT2D eigenvalue weighted by molar-refractivity contribution is 6.78. The van der Waals surface area contributed by atoms with E-state index in [1.54, 1.807) is 44.0 Å². The van der Waals surface area contributed by atoms with Gasteiger partial charge >= 0.3 is 12.1 Å². The first-order valence-electron chi connectivity index (χ1n) is 26.2. The van der Waals surface area contributed by atoms with Gasteiger partial charge < -0.3 is 39.1 Å². The van der Waals surface area contributed by atoms with Crippen LogP contribution in [0, 0.1) is 5.92 Å². The number of benzene rings is 4. The lowest BCUT2D eigenvalue weighted by molar-refractivity contribution is -0.155. The van der Waals surface area contributed by atoms with Gasteiger partial charge in [-0.1, -0.05) is 137 Å². The lowest BCUT2D eigenvalue weighted by Crippen LogP contribution is -2.57. The van der Waals surface area contributed by atoms with Crippen LogP contribution >= 0.6 is 0 Å². The lowest BCUT2D eigenvalue weighted by atomic mass is 9.97. The summed E-state index contributed by atoms with van der Waals surface area (Å²) in [6, 6.07) is 23.9. The summed E-state index contributed by atoms with van der Waals surface area (Å²) in [4.78, 5) is 71.9. The summed E-state index contributed by atoms with van der Waals surface area (Å²) in [6.07, 6.45) is -0.251. The number of carbonyl (C=O) groups excluding carboxylic acids is 4. The number of anilines is 2. The van der Waals surface area contributed by atoms with E-state index in [9.17, 15) is 29.1 Å². The van der Waals surface area contributed by atoms with E-state index in [0.29, 0.717) is 23.6 Å². The average Bonchev–Trinajstić information content (AvgIpc) is 3.92. The van der Waals surface area contributed by atoms with E-state index >= 15 is 0 Å². The summed E-state index contributed by atoms with van der Waals surface area (Å²) in [7, 11) is -3.75. The van der Waals surface area contributed by atoms with Gasteiger partial charge in [-0.15, -0.1) is 0 Å². The number of hydrogen-bond acceptors (Lipinski definition) is 11. The number of hydrazine groups is 1. The second-order valence-corrected chi connectivity index (χ2v) is 33.1. The molecule has 0 saturated heterocycles. The molecule has 0 fully saturated rings. The summed E-state index contributed by atoms with van der Waals surface area (Å²) >= 11 is 0. The van der Waals surface area contributed by atoms with Crippen LogP contribution < -0.4 is 30.2 Å². The van der Waals surface area contributed by atoms with Gasteiger partial charge in [0.1, 0.15) is 24.4 Å². The molecule has 3 aliphatic rings. The second kappa shape index (κ2) is 22.1. The Morgan fingerprint density at radius 1 is 0.787 bits per heavy atom. The molecule has 4 N–H and O–H groups in total. The number of carbonyl (C=O) groups is 5. The lowest BCUT2D eigenvalue weighted by Gasteiger charge is -2.44. The molecule has 2 aliphatic heterocycles. The van der Waals surface area contributed by atoms with Crippen molar-refractivity contribution in [1.29, 1.82) is 0 Å².